The zero-order valence-corrected chi connectivity index (χ0v) is 20.1. The van der Waals surface area contributed by atoms with Gasteiger partial charge in [-0.05, 0) is 55.2 Å². The number of nitrogens with zero attached hydrogens (tertiary/aromatic N) is 2. The second-order valence-corrected chi connectivity index (χ2v) is 9.24. The van der Waals surface area contributed by atoms with Crippen LogP contribution in [0.1, 0.15) is 44.1 Å². The van der Waals surface area contributed by atoms with Crippen LogP contribution in [-0.2, 0) is 10.2 Å². The van der Waals surface area contributed by atoms with E-state index in [-0.39, 0.29) is 29.4 Å². The first-order chi connectivity index (χ1) is 12.6. The van der Waals surface area contributed by atoms with Gasteiger partial charge in [0, 0.05) is 49.8 Å². The van der Waals surface area contributed by atoms with Crippen molar-refractivity contribution < 1.29 is 4.74 Å². The number of nitrogens with one attached hydrogen (secondary N) is 1. The van der Waals surface area contributed by atoms with Gasteiger partial charge >= 0.3 is 0 Å². The van der Waals surface area contributed by atoms with Crippen molar-refractivity contribution in [2.24, 2.45) is 10.4 Å². The molecule has 6 heteroatoms. The Balaban J connectivity index is 0.00000210. The molecule has 1 aliphatic carbocycles. The number of hydrogen-bond acceptors (Lipinski definition) is 2. The summed E-state index contributed by atoms with van der Waals surface area (Å²) in [6, 6.07) is 8.84. The molecule has 1 spiro atoms. The van der Waals surface area contributed by atoms with Crippen LogP contribution in [0.15, 0.2) is 33.7 Å². The van der Waals surface area contributed by atoms with Crippen LogP contribution in [0.4, 0.5) is 0 Å². The van der Waals surface area contributed by atoms with Crippen LogP contribution in [-0.4, -0.2) is 50.8 Å². The zero-order valence-electron chi connectivity index (χ0n) is 16.2. The molecule has 4 rings (SSSR count). The number of likely N-dealkylation sites (tertiary alicyclic amines) is 1. The highest BCUT2D eigenvalue weighted by molar-refractivity contribution is 14.0. The zero-order chi connectivity index (χ0) is 18.0. The summed E-state index contributed by atoms with van der Waals surface area (Å²) in [5.41, 5.74) is 2.13. The van der Waals surface area contributed by atoms with Crippen molar-refractivity contribution in [3.05, 3.63) is 34.3 Å². The minimum absolute atomic E-state index is 0. The first kappa shape index (κ1) is 21.4. The third-order valence-corrected chi connectivity index (χ3v) is 7.38. The summed E-state index contributed by atoms with van der Waals surface area (Å²) in [6.45, 7) is 4.93. The number of ether oxygens (including phenoxy) is 1. The number of rotatable bonds is 3. The number of guanidine groups is 1. The summed E-state index contributed by atoms with van der Waals surface area (Å²) < 4.78 is 6.81. The predicted octanol–water partition coefficient (Wildman–Crippen LogP) is 4.57. The molecule has 1 aromatic rings. The van der Waals surface area contributed by atoms with Crippen molar-refractivity contribution in [2.75, 3.05) is 39.9 Å². The summed E-state index contributed by atoms with van der Waals surface area (Å²) in [5, 5.41) is 3.73. The fourth-order valence-electron chi connectivity index (χ4n) is 4.91. The topological polar surface area (TPSA) is 36.9 Å². The summed E-state index contributed by atoms with van der Waals surface area (Å²) in [6.07, 6.45) is 7.67. The van der Waals surface area contributed by atoms with Crippen LogP contribution < -0.4 is 5.32 Å². The molecule has 0 radical (unpaired) electrons. The first-order valence-electron chi connectivity index (χ1n) is 9.94. The fraction of sp³-hybridized carbons (Fsp3) is 0.667. The van der Waals surface area contributed by atoms with Crippen LogP contribution in [0, 0.1) is 5.41 Å². The standard InChI is InChI=1S/C21H30BrN3O.HI/c1-23-19(25-12-9-20(16-25)7-2-8-20)24-15-21(10-13-26-14-11-21)17-3-5-18(22)6-4-17;/h3-6H,2,7-16H2,1H3,(H,23,24);1H. The van der Waals surface area contributed by atoms with Crippen LogP contribution >= 0.6 is 39.9 Å². The van der Waals surface area contributed by atoms with E-state index in [9.17, 15) is 0 Å². The summed E-state index contributed by atoms with van der Waals surface area (Å²) in [4.78, 5) is 7.09. The molecule has 0 amide bonds. The number of benzene rings is 1. The van der Waals surface area contributed by atoms with E-state index in [0.717, 1.165) is 49.6 Å². The van der Waals surface area contributed by atoms with Gasteiger partial charge in [0.25, 0.3) is 0 Å². The van der Waals surface area contributed by atoms with Gasteiger partial charge in [0.05, 0.1) is 0 Å². The molecular formula is C21H31BrIN3O. The second kappa shape index (κ2) is 8.99. The van der Waals surface area contributed by atoms with E-state index < -0.39 is 0 Å². The minimum Gasteiger partial charge on any atom is -0.381 e. The molecule has 2 heterocycles. The smallest absolute Gasteiger partial charge is 0.193 e. The Hall–Kier alpha value is -0.340. The molecule has 4 nitrogen and oxygen atoms in total. The second-order valence-electron chi connectivity index (χ2n) is 8.33. The van der Waals surface area contributed by atoms with Gasteiger partial charge in [0.15, 0.2) is 5.96 Å². The van der Waals surface area contributed by atoms with Gasteiger partial charge < -0.3 is 15.0 Å². The molecule has 0 unspecified atom stereocenters. The number of halogens is 2. The molecule has 27 heavy (non-hydrogen) atoms. The first-order valence-corrected chi connectivity index (χ1v) is 10.7. The third kappa shape index (κ3) is 4.47. The summed E-state index contributed by atoms with van der Waals surface area (Å²) in [7, 11) is 1.92. The quantitative estimate of drug-likeness (QED) is 0.342. The van der Waals surface area contributed by atoms with E-state index >= 15 is 0 Å². The monoisotopic (exact) mass is 547 g/mol. The van der Waals surface area contributed by atoms with E-state index in [1.54, 1.807) is 0 Å². The molecule has 2 saturated heterocycles. The Morgan fingerprint density at radius 1 is 1.15 bits per heavy atom. The van der Waals surface area contributed by atoms with Crippen molar-refractivity contribution in [2.45, 2.75) is 43.9 Å². The minimum atomic E-state index is 0. The van der Waals surface area contributed by atoms with Crippen molar-refractivity contribution in [3.8, 4) is 0 Å². The van der Waals surface area contributed by atoms with Crippen LogP contribution in [0.3, 0.4) is 0 Å². The average Bonchev–Trinajstić information content (AvgIpc) is 3.10. The fourth-order valence-corrected chi connectivity index (χ4v) is 5.18. The number of aliphatic imine (C=N–C) groups is 1. The highest BCUT2D eigenvalue weighted by atomic mass is 127. The molecule has 1 N–H and O–H groups in total. The maximum atomic E-state index is 5.67. The Labute approximate surface area is 188 Å². The van der Waals surface area contributed by atoms with E-state index in [2.05, 4.69) is 55.4 Å². The van der Waals surface area contributed by atoms with Crippen molar-refractivity contribution in [1.29, 1.82) is 0 Å². The highest BCUT2D eigenvalue weighted by Gasteiger charge is 2.44. The van der Waals surface area contributed by atoms with Crippen LogP contribution in [0.5, 0.6) is 0 Å². The van der Waals surface area contributed by atoms with Crippen LogP contribution in [0.25, 0.3) is 0 Å². The lowest BCUT2D eigenvalue weighted by atomic mass is 9.68. The molecule has 2 aliphatic heterocycles. The molecular weight excluding hydrogens is 517 g/mol. The molecule has 150 valence electrons. The third-order valence-electron chi connectivity index (χ3n) is 6.86. The van der Waals surface area contributed by atoms with Gasteiger partial charge in [-0.2, -0.15) is 0 Å². The summed E-state index contributed by atoms with van der Waals surface area (Å²) in [5.74, 6) is 1.08. The van der Waals surface area contributed by atoms with Crippen LogP contribution in [0.2, 0.25) is 0 Å². The van der Waals surface area contributed by atoms with E-state index in [0.29, 0.717) is 5.41 Å². The highest BCUT2D eigenvalue weighted by Crippen LogP contribution is 2.48. The van der Waals surface area contributed by atoms with Gasteiger partial charge in [-0.25, -0.2) is 0 Å². The maximum Gasteiger partial charge on any atom is 0.193 e. The van der Waals surface area contributed by atoms with Gasteiger partial charge in [0.2, 0.25) is 0 Å². The van der Waals surface area contributed by atoms with Crippen molar-refractivity contribution in [3.63, 3.8) is 0 Å². The average molecular weight is 548 g/mol. The van der Waals surface area contributed by atoms with Gasteiger partial charge in [-0.3, -0.25) is 4.99 Å². The van der Waals surface area contributed by atoms with Gasteiger partial charge in [-0.15, -0.1) is 24.0 Å². The van der Waals surface area contributed by atoms with E-state index in [1.807, 2.05) is 7.05 Å². The Kier molecular flexibility index (Phi) is 7.12. The SMILES string of the molecule is CN=C(NCC1(c2ccc(Br)cc2)CCOCC1)N1CCC2(CCC2)C1.I. The molecule has 0 aromatic heterocycles. The molecule has 0 bridgehead atoms. The lowest BCUT2D eigenvalue weighted by Gasteiger charge is -2.40. The summed E-state index contributed by atoms with van der Waals surface area (Å²) >= 11 is 3.56. The molecule has 0 atom stereocenters. The molecule has 3 aliphatic rings. The normalized spacial score (nSPS) is 23.6. The lowest BCUT2D eigenvalue weighted by molar-refractivity contribution is 0.0511. The largest absolute Gasteiger partial charge is 0.381 e. The Morgan fingerprint density at radius 2 is 1.85 bits per heavy atom. The van der Waals surface area contributed by atoms with E-state index in [1.165, 1.54) is 37.8 Å². The van der Waals surface area contributed by atoms with E-state index in [4.69, 9.17) is 4.74 Å². The Morgan fingerprint density at radius 3 is 2.41 bits per heavy atom. The van der Waals surface area contributed by atoms with Gasteiger partial charge in [0.1, 0.15) is 0 Å². The van der Waals surface area contributed by atoms with Crippen molar-refractivity contribution in [1.82, 2.24) is 10.2 Å². The Bertz CT molecular complexity index is 654. The van der Waals surface area contributed by atoms with Gasteiger partial charge in [-0.1, -0.05) is 34.5 Å². The van der Waals surface area contributed by atoms with Crippen molar-refractivity contribution >= 4 is 45.9 Å². The molecule has 1 saturated carbocycles. The lowest BCUT2D eigenvalue weighted by Crippen LogP contribution is -2.49. The number of hydrogen-bond donors (Lipinski definition) is 1. The molecule has 3 fully saturated rings. The molecule has 1 aromatic carbocycles. The maximum absolute atomic E-state index is 5.67. The predicted molar refractivity (Wildman–Crippen MR) is 125 cm³/mol.